The Labute approximate surface area is 121 Å². The molecule has 2 aromatic carbocycles. The number of nitrogens with one attached hydrogen (secondary N) is 1. The summed E-state index contributed by atoms with van der Waals surface area (Å²) in [5.41, 5.74) is 7.11. The zero-order valence-corrected chi connectivity index (χ0v) is 11.3. The summed E-state index contributed by atoms with van der Waals surface area (Å²) in [5.74, 6) is -0.482. The lowest BCUT2D eigenvalue weighted by Gasteiger charge is -2.11. The van der Waals surface area contributed by atoms with Crippen LogP contribution >= 0.6 is 0 Å². The third-order valence-corrected chi connectivity index (χ3v) is 3.54. The van der Waals surface area contributed by atoms with Crippen LogP contribution in [0.5, 0.6) is 5.75 Å². The first-order valence-electron chi connectivity index (χ1n) is 6.70. The minimum Gasteiger partial charge on any atom is -0.492 e. The van der Waals surface area contributed by atoms with Crippen LogP contribution in [-0.2, 0) is 11.3 Å². The number of hydrogen-bond acceptors (Lipinski definition) is 3. The van der Waals surface area contributed by atoms with Crippen molar-refractivity contribution in [3.63, 3.8) is 0 Å². The van der Waals surface area contributed by atoms with E-state index in [0.717, 1.165) is 5.56 Å². The van der Waals surface area contributed by atoms with E-state index < -0.39 is 11.7 Å². The predicted octanol–water partition coefficient (Wildman–Crippen LogP) is 2.40. The molecular formula is C16H15FN2O2. The molecule has 5 heteroatoms. The molecule has 1 aliphatic rings. The highest BCUT2D eigenvalue weighted by Gasteiger charge is 2.30. The number of halogens is 1. The Hall–Kier alpha value is -2.40. The van der Waals surface area contributed by atoms with Gasteiger partial charge in [-0.15, -0.1) is 0 Å². The first kappa shape index (κ1) is 13.6. The molecule has 4 nitrogen and oxygen atoms in total. The molecule has 0 saturated carbocycles. The van der Waals surface area contributed by atoms with Gasteiger partial charge in [0.15, 0.2) is 0 Å². The summed E-state index contributed by atoms with van der Waals surface area (Å²) in [6.07, 6.45) is 0. The van der Waals surface area contributed by atoms with Gasteiger partial charge in [-0.05, 0) is 23.8 Å². The van der Waals surface area contributed by atoms with Gasteiger partial charge in [-0.1, -0.05) is 24.3 Å². The molecule has 0 fully saturated rings. The molecule has 0 saturated heterocycles. The van der Waals surface area contributed by atoms with Crippen LogP contribution in [-0.4, -0.2) is 12.5 Å². The Bertz CT molecular complexity index is 688. The van der Waals surface area contributed by atoms with Gasteiger partial charge in [-0.2, -0.15) is 0 Å². The van der Waals surface area contributed by atoms with Crippen LogP contribution in [0.3, 0.4) is 0 Å². The van der Waals surface area contributed by atoms with E-state index >= 15 is 0 Å². The number of hydrogen-bond donors (Lipinski definition) is 2. The molecule has 1 heterocycles. The van der Waals surface area contributed by atoms with Gasteiger partial charge in [0.05, 0.1) is 5.69 Å². The summed E-state index contributed by atoms with van der Waals surface area (Å²) in [5, 5.41) is 2.61. The number of benzene rings is 2. The summed E-state index contributed by atoms with van der Waals surface area (Å²) in [6, 6.07) is 11.9. The van der Waals surface area contributed by atoms with Gasteiger partial charge < -0.3 is 15.8 Å². The highest BCUT2D eigenvalue weighted by atomic mass is 19.1. The highest BCUT2D eigenvalue weighted by molar-refractivity contribution is 5.97. The SMILES string of the molecule is NCc1ccc(NC(=O)C2COc3ccccc32)c(F)c1. The van der Waals surface area contributed by atoms with Crippen LogP contribution in [0.25, 0.3) is 0 Å². The minimum atomic E-state index is -0.487. The molecular weight excluding hydrogens is 271 g/mol. The maximum atomic E-state index is 13.9. The molecule has 1 aliphatic heterocycles. The van der Waals surface area contributed by atoms with Crippen LogP contribution < -0.4 is 15.8 Å². The Kier molecular flexibility index (Phi) is 3.58. The van der Waals surface area contributed by atoms with Gasteiger partial charge in [0, 0.05) is 12.1 Å². The predicted molar refractivity (Wildman–Crippen MR) is 77.6 cm³/mol. The summed E-state index contributed by atoms with van der Waals surface area (Å²) >= 11 is 0. The normalized spacial score (nSPS) is 16.2. The fraction of sp³-hybridized carbons (Fsp3) is 0.188. The maximum absolute atomic E-state index is 13.9. The zero-order chi connectivity index (χ0) is 14.8. The smallest absolute Gasteiger partial charge is 0.235 e. The van der Waals surface area contributed by atoms with Gasteiger partial charge >= 0.3 is 0 Å². The van der Waals surface area contributed by atoms with Crippen LogP contribution in [0, 0.1) is 5.82 Å². The van der Waals surface area contributed by atoms with Gasteiger partial charge in [0.1, 0.15) is 24.1 Å². The molecule has 3 N–H and O–H groups in total. The summed E-state index contributed by atoms with van der Waals surface area (Å²) < 4.78 is 19.3. The monoisotopic (exact) mass is 286 g/mol. The molecule has 1 amide bonds. The third-order valence-electron chi connectivity index (χ3n) is 3.54. The van der Waals surface area contributed by atoms with Crippen LogP contribution in [0.15, 0.2) is 42.5 Å². The lowest BCUT2D eigenvalue weighted by molar-refractivity contribution is -0.117. The summed E-state index contributed by atoms with van der Waals surface area (Å²) in [7, 11) is 0. The minimum absolute atomic E-state index is 0.154. The van der Waals surface area contributed by atoms with E-state index in [9.17, 15) is 9.18 Å². The molecule has 0 aliphatic carbocycles. The van der Waals surface area contributed by atoms with E-state index in [1.54, 1.807) is 6.07 Å². The average molecular weight is 286 g/mol. The van der Waals surface area contributed by atoms with Crippen molar-refractivity contribution >= 4 is 11.6 Å². The van der Waals surface area contributed by atoms with Crippen molar-refractivity contribution in [2.45, 2.75) is 12.5 Å². The number of carbonyl (C=O) groups is 1. The Morgan fingerprint density at radius 1 is 1.33 bits per heavy atom. The summed E-state index contributed by atoms with van der Waals surface area (Å²) in [4.78, 5) is 12.3. The van der Waals surface area contributed by atoms with E-state index in [0.29, 0.717) is 11.3 Å². The number of anilines is 1. The third kappa shape index (κ3) is 2.60. The molecule has 108 valence electrons. The van der Waals surface area contributed by atoms with Gasteiger partial charge in [-0.25, -0.2) is 4.39 Å². The van der Waals surface area contributed by atoms with E-state index in [1.165, 1.54) is 12.1 Å². The van der Waals surface area contributed by atoms with Crippen LogP contribution in [0.4, 0.5) is 10.1 Å². The van der Waals surface area contributed by atoms with E-state index in [-0.39, 0.29) is 24.7 Å². The molecule has 1 unspecified atom stereocenters. The Morgan fingerprint density at radius 2 is 2.14 bits per heavy atom. The van der Waals surface area contributed by atoms with Crippen molar-refractivity contribution in [2.75, 3.05) is 11.9 Å². The molecule has 0 radical (unpaired) electrons. The molecule has 0 aromatic heterocycles. The first-order valence-corrected chi connectivity index (χ1v) is 6.70. The fourth-order valence-corrected chi connectivity index (χ4v) is 2.39. The maximum Gasteiger partial charge on any atom is 0.235 e. The Balaban J connectivity index is 1.79. The number of nitrogens with two attached hydrogens (primary N) is 1. The topological polar surface area (TPSA) is 64.3 Å². The number of amides is 1. The van der Waals surface area contributed by atoms with Gasteiger partial charge in [-0.3, -0.25) is 4.79 Å². The highest BCUT2D eigenvalue weighted by Crippen LogP contribution is 2.34. The van der Waals surface area contributed by atoms with E-state index in [2.05, 4.69) is 5.32 Å². The summed E-state index contributed by atoms with van der Waals surface area (Å²) in [6.45, 7) is 0.530. The Morgan fingerprint density at radius 3 is 2.90 bits per heavy atom. The van der Waals surface area contributed by atoms with E-state index in [4.69, 9.17) is 10.5 Å². The lowest BCUT2D eigenvalue weighted by atomic mass is 10.0. The molecule has 0 spiro atoms. The second-order valence-corrected chi connectivity index (χ2v) is 4.91. The molecule has 1 atom stereocenters. The molecule has 3 rings (SSSR count). The lowest BCUT2D eigenvalue weighted by Crippen LogP contribution is -2.22. The van der Waals surface area contributed by atoms with Gasteiger partial charge in [0.2, 0.25) is 5.91 Å². The van der Waals surface area contributed by atoms with Crippen molar-refractivity contribution in [2.24, 2.45) is 5.73 Å². The standard InChI is InChI=1S/C16H15FN2O2/c17-13-7-10(8-18)5-6-14(13)19-16(20)12-9-21-15-4-2-1-3-11(12)15/h1-7,12H,8-9,18H2,(H,19,20). The van der Waals surface area contributed by atoms with Crippen LogP contribution in [0.1, 0.15) is 17.0 Å². The molecule has 2 aromatic rings. The first-order chi connectivity index (χ1) is 10.2. The van der Waals surface area contributed by atoms with Crippen molar-refractivity contribution < 1.29 is 13.9 Å². The number of rotatable bonds is 3. The van der Waals surface area contributed by atoms with Crippen molar-refractivity contribution in [1.82, 2.24) is 0 Å². The quantitative estimate of drug-likeness (QED) is 0.910. The number of para-hydroxylation sites is 1. The van der Waals surface area contributed by atoms with Crippen LogP contribution in [0.2, 0.25) is 0 Å². The van der Waals surface area contributed by atoms with Crippen molar-refractivity contribution in [3.8, 4) is 5.75 Å². The largest absolute Gasteiger partial charge is 0.492 e. The number of fused-ring (bicyclic) bond motifs is 1. The van der Waals surface area contributed by atoms with E-state index in [1.807, 2.05) is 24.3 Å². The number of carbonyl (C=O) groups excluding carboxylic acids is 1. The molecule has 21 heavy (non-hydrogen) atoms. The zero-order valence-electron chi connectivity index (χ0n) is 11.3. The van der Waals surface area contributed by atoms with Crippen molar-refractivity contribution in [1.29, 1.82) is 0 Å². The second-order valence-electron chi connectivity index (χ2n) is 4.91. The van der Waals surface area contributed by atoms with Gasteiger partial charge in [0.25, 0.3) is 0 Å². The number of ether oxygens (including phenoxy) is 1. The average Bonchev–Trinajstić information content (AvgIpc) is 2.93. The van der Waals surface area contributed by atoms with Crippen molar-refractivity contribution in [3.05, 3.63) is 59.4 Å². The molecule has 0 bridgehead atoms. The second kappa shape index (κ2) is 5.54. The fourth-order valence-electron chi connectivity index (χ4n) is 2.39.